The van der Waals surface area contributed by atoms with Gasteiger partial charge in [-0.2, -0.15) is 5.10 Å². The predicted octanol–water partition coefficient (Wildman–Crippen LogP) is 5.07. The molecule has 6 rings (SSSR count). The van der Waals surface area contributed by atoms with Gasteiger partial charge in [-0.3, -0.25) is 14.3 Å². The van der Waals surface area contributed by atoms with E-state index in [1.807, 2.05) is 48.7 Å². The van der Waals surface area contributed by atoms with Gasteiger partial charge in [-0.25, -0.2) is 9.78 Å². The molecule has 1 amide bonds. The topological polar surface area (TPSA) is 121 Å². The molecule has 1 spiro atoms. The molecular weight excluding hydrogens is 494 g/mol. The molecule has 1 saturated heterocycles. The summed E-state index contributed by atoms with van der Waals surface area (Å²) in [4.78, 5) is 47.9. The average molecular weight is 526 g/mol. The number of aromatic carboxylic acids is 1. The first-order valence-corrected chi connectivity index (χ1v) is 13.4. The first kappa shape index (κ1) is 25.0. The highest BCUT2D eigenvalue weighted by molar-refractivity contribution is 6.03. The van der Waals surface area contributed by atoms with Crippen LogP contribution in [0.3, 0.4) is 0 Å². The maximum atomic E-state index is 13.7. The SMILES string of the molecule is Cc1nc2c(-c3ccc(C(=O)O)cc3)cc(C(=O)N3CCC4(CC3)CC(=O)c3c(cnn3C(C)C)C4)cc2[nH]1. The van der Waals surface area contributed by atoms with Crippen molar-refractivity contribution in [3.63, 3.8) is 0 Å². The van der Waals surface area contributed by atoms with Gasteiger partial charge in [0, 0.05) is 42.2 Å². The van der Waals surface area contributed by atoms with Gasteiger partial charge in [-0.1, -0.05) is 12.1 Å². The molecule has 1 fully saturated rings. The fourth-order valence-corrected chi connectivity index (χ4v) is 6.21. The summed E-state index contributed by atoms with van der Waals surface area (Å²) in [6.07, 6.45) is 4.70. The summed E-state index contributed by atoms with van der Waals surface area (Å²) in [5, 5.41) is 13.7. The number of carbonyl (C=O) groups excluding carboxylic acids is 2. The molecular formula is C30H31N5O4. The normalized spacial score (nSPS) is 16.7. The average Bonchev–Trinajstić information content (AvgIpc) is 3.51. The van der Waals surface area contributed by atoms with E-state index in [1.54, 1.807) is 24.3 Å². The van der Waals surface area contributed by atoms with Crippen LogP contribution in [0, 0.1) is 12.3 Å². The Kier molecular flexibility index (Phi) is 5.89. The fraction of sp³-hybridized carbons (Fsp3) is 0.367. The minimum absolute atomic E-state index is 0.0575. The summed E-state index contributed by atoms with van der Waals surface area (Å²) in [6, 6.07) is 10.4. The van der Waals surface area contributed by atoms with Crippen LogP contribution in [0.2, 0.25) is 0 Å². The summed E-state index contributed by atoms with van der Waals surface area (Å²) in [6.45, 7) is 7.11. The number of hydrogen-bond acceptors (Lipinski definition) is 5. The highest BCUT2D eigenvalue weighted by Gasteiger charge is 2.43. The second-order valence-corrected chi connectivity index (χ2v) is 11.3. The van der Waals surface area contributed by atoms with Gasteiger partial charge in [-0.15, -0.1) is 0 Å². The predicted molar refractivity (Wildman–Crippen MR) is 146 cm³/mol. The van der Waals surface area contributed by atoms with E-state index in [0.29, 0.717) is 25.1 Å². The van der Waals surface area contributed by atoms with E-state index < -0.39 is 5.97 Å². The molecule has 2 N–H and O–H groups in total. The van der Waals surface area contributed by atoms with Crippen molar-refractivity contribution in [3.8, 4) is 11.1 Å². The number of hydrogen-bond donors (Lipinski definition) is 2. The highest BCUT2D eigenvalue weighted by atomic mass is 16.4. The maximum Gasteiger partial charge on any atom is 0.335 e. The van der Waals surface area contributed by atoms with E-state index in [1.165, 1.54) is 0 Å². The number of rotatable bonds is 4. The first-order valence-electron chi connectivity index (χ1n) is 13.4. The largest absolute Gasteiger partial charge is 0.478 e. The number of H-pyrrole nitrogens is 1. The van der Waals surface area contributed by atoms with Crippen molar-refractivity contribution in [1.82, 2.24) is 24.6 Å². The van der Waals surface area contributed by atoms with Gasteiger partial charge >= 0.3 is 5.97 Å². The molecule has 0 radical (unpaired) electrons. The van der Waals surface area contributed by atoms with Crippen molar-refractivity contribution >= 4 is 28.7 Å². The molecule has 2 aromatic carbocycles. The van der Waals surface area contributed by atoms with Crippen LogP contribution >= 0.6 is 0 Å². The molecule has 0 unspecified atom stereocenters. The number of nitrogens with one attached hydrogen (secondary N) is 1. The summed E-state index contributed by atoms with van der Waals surface area (Å²) in [5.41, 5.74) is 5.47. The van der Waals surface area contributed by atoms with Crippen molar-refractivity contribution in [1.29, 1.82) is 0 Å². The standard InChI is InChI=1S/C30H31N5O4/c1-17(2)35-27-22(16-31-35)14-30(15-25(27)36)8-10-34(11-9-30)28(37)21-12-23(26-24(13-21)32-18(3)33-26)19-4-6-20(7-5-19)29(38)39/h4-7,12-13,16-17H,8-11,14-15H2,1-3H3,(H,32,33)(H,38,39). The number of aromatic nitrogens is 4. The van der Waals surface area contributed by atoms with Crippen molar-refractivity contribution in [2.24, 2.45) is 5.41 Å². The summed E-state index contributed by atoms with van der Waals surface area (Å²) < 4.78 is 1.84. The third-order valence-electron chi connectivity index (χ3n) is 8.23. The van der Waals surface area contributed by atoms with Gasteiger partial charge in [0.2, 0.25) is 0 Å². The lowest BCUT2D eigenvalue weighted by molar-refractivity contribution is 0.0516. The van der Waals surface area contributed by atoms with Crippen LogP contribution in [0.5, 0.6) is 0 Å². The summed E-state index contributed by atoms with van der Waals surface area (Å²) in [5.74, 6) is -0.155. The van der Waals surface area contributed by atoms with Gasteiger partial charge in [0.15, 0.2) is 5.78 Å². The Morgan fingerprint density at radius 2 is 1.77 bits per heavy atom. The molecule has 200 valence electrons. The quantitative estimate of drug-likeness (QED) is 0.384. The number of carboxylic acid groups (broad SMARTS) is 1. The van der Waals surface area contributed by atoms with Crippen LogP contribution in [-0.2, 0) is 6.42 Å². The molecule has 1 aliphatic heterocycles. The molecule has 2 aromatic heterocycles. The van der Waals surface area contributed by atoms with Crippen molar-refractivity contribution < 1.29 is 19.5 Å². The van der Waals surface area contributed by atoms with Crippen molar-refractivity contribution in [3.05, 3.63) is 70.8 Å². The van der Waals surface area contributed by atoms with Gasteiger partial charge < -0.3 is 15.0 Å². The van der Waals surface area contributed by atoms with E-state index in [4.69, 9.17) is 0 Å². The highest BCUT2D eigenvalue weighted by Crippen LogP contribution is 2.44. The smallest absolute Gasteiger partial charge is 0.335 e. The summed E-state index contributed by atoms with van der Waals surface area (Å²) >= 11 is 0. The Morgan fingerprint density at radius 1 is 1.05 bits per heavy atom. The molecule has 4 aromatic rings. The van der Waals surface area contributed by atoms with Crippen LogP contribution in [0.4, 0.5) is 0 Å². The lowest BCUT2D eigenvalue weighted by atomic mass is 9.67. The van der Waals surface area contributed by atoms with Crippen LogP contribution < -0.4 is 0 Å². The molecule has 0 atom stereocenters. The number of amides is 1. The zero-order chi connectivity index (χ0) is 27.5. The number of aryl methyl sites for hydroxylation is 1. The molecule has 2 aliphatic rings. The number of imidazole rings is 1. The van der Waals surface area contributed by atoms with E-state index in [-0.39, 0.29) is 28.7 Å². The van der Waals surface area contributed by atoms with Crippen LogP contribution in [0.25, 0.3) is 22.2 Å². The van der Waals surface area contributed by atoms with Gasteiger partial charge in [0.05, 0.1) is 22.8 Å². The van der Waals surface area contributed by atoms with E-state index in [0.717, 1.165) is 58.5 Å². The minimum atomic E-state index is -0.987. The molecule has 0 saturated carbocycles. The molecule has 9 nitrogen and oxygen atoms in total. The Labute approximate surface area is 225 Å². The van der Waals surface area contributed by atoms with Crippen LogP contribution in [0.1, 0.15) is 81.7 Å². The third kappa shape index (κ3) is 4.31. The van der Waals surface area contributed by atoms with E-state index in [9.17, 15) is 19.5 Å². The number of carbonyl (C=O) groups is 3. The Balaban J connectivity index is 1.25. The Morgan fingerprint density at radius 3 is 2.44 bits per heavy atom. The Bertz CT molecular complexity index is 1620. The number of likely N-dealkylation sites (tertiary alicyclic amines) is 1. The fourth-order valence-electron chi connectivity index (χ4n) is 6.21. The number of piperidine rings is 1. The number of carboxylic acids is 1. The third-order valence-corrected chi connectivity index (χ3v) is 8.23. The molecule has 39 heavy (non-hydrogen) atoms. The number of benzene rings is 2. The van der Waals surface area contributed by atoms with Crippen LogP contribution in [-0.4, -0.2) is 60.5 Å². The summed E-state index contributed by atoms with van der Waals surface area (Å²) in [7, 11) is 0. The van der Waals surface area contributed by atoms with Gasteiger partial charge in [0.25, 0.3) is 5.91 Å². The van der Waals surface area contributed by atoms with Gasteiger partial charge in [0.1, 0.15) is 11.5 Å². The Hall–Kier alpha value is -4.27. The monoisotopic (exact) mass is 525 g/mol. The maximum absolute atomic E-state index is 13.7. The number of Topliss-reactive ketones (excluding diaryl/α,β-unsaturated/α-hetero) is 1. The number of ketones is 1. The lowest BCUT2D eigenvalue weighted by Gasteiger charge is -2.43. The number of nitrogens with zero attached hydrogens (tertiary/aromatic N) is 4. The number of aromatic amines is 1. The first-order chi connectivity index (χ1) is 18.6. The van der Waals surface area contributed by atoms with Crippen molar-refractivity contribution in [2.75, 3.05) is 13.1 Å². The molecule has 0 bridgehead atoms. The second kappa shape index (κ2) is 9.18. The number of fused-ring (bicyclic) bond motifs is 2. The molecule has 1 aliphatic carbocycles. The molecule has 3 heterocycles. The second-order valence-electron chi connectivity index (χ2n) is 11.3. The van der Waals surface area contributed by atoms with Gasteiger partial charge in [-0.05, 0) is 75.3 Å². The van der Waals surface area contributed by atoms with Crippen molar-refractivity contribution in [2.45, 2.75) is 52.5 Å². The zero-order valence-corrected chi connectivity index (χ0v) is 22.3. The lowest BCUT2D eigenvalue weighted by Crippen LogP contribution is -2.46. The van der Waals surface area contributed by atoms with E-state index >= 15 is 0 Å². The molecule has 9 heteroatoms. The minimum Gasteiger partial charge on any atom is -0.478 e. The van der Waals surface area contributed by atoms with E-state index in [2.05, 4.69) is 15.1 Å². The zero-order valence-electron chi connectivity index (χ0n) is 22.3. The van der Waals surface area contributed by atoms with Crippen LogP contribution in [0.15, 0.2) is 42.6 Å².